The third-order valence-electron chi connectivity index (χ3n) is 1.91. The third kappa shape index (κ3) is 6.39. The second kappa shape index (κ2) is 8.09. The van der Waals surface area contributed by atoms with E-state index < -0.39 is 0 Å². The summed E-state index contributed by atoms with van der Waals surface area (Å²) in [6, 6.07) is 0.367. The van der Waals surface area contributed by atoms with Gasteiger partial charge in [-0.05, 0) is 26.2 Å². The Hall–Kier alpha value is -0.0100. The van der Waals surface area contributed by atoms with Gasteiger partial charge in [0.2, 0.25) is 0 Å². The maximum atomic E-state index is 5.78. The van der Waals surface area contributed by atoms with Crippen LogP contribution in [0.4, 0.5) is 0 Å². The van der Waals surface area contributed by atoms with Crippen LogP contribution >= 0.6 is 12.4 Å². The van der Waals surface area contributed by atoms with Crippen molar-refractivity contribution in [2.75, 3.05) is 0 Å². The molecule has 2 N–H and O–H groups in total. The molecule has 0 radical (unpaired) electrons. The Morgan fingerprint density at radius 1 is 1.45 bits per heavy atom. The Labute approximate surface area is 76.5 Å². The lowest BCUT2D eigenvalue weighted by Crippen LogP contribution is -2.18. The van der Waals surface area contributed by atoms with Gasteiger partial charge in [0, 0.05) is 6.04 Å². The molecular weight excluding hydrogens is 158 g/mol. The predicted octanol–water partition coefficient (Wildman–Crippen LogP) is 2.89. The minimum atomic E-state index is 0. The molecule has 0 heterocycles. The molecular formula is C9H20ClN. The van der Waals surface area contributed by atoms with Crippen LogP contribution in [0.15, 0.2) is 11.6 Å². The molecule has 0 saturated carbocycles. The first-order chi connectivity index (χ1) is 4.74. The molecule has 1 atom stereocenters. The lowest BCUT2D eigenvalue weighted by atomic mass is 10.0. The van der Waals surface area contributed by atoms with Gasteiger partial charge in [0.1, 0.15) is 0 Å². The van der Waals surface area contributed by atoms with Gasteiger partial charge in [-0.3, -0.25) is 0 Å². The Morgan fingerprint density at radius 2 is 2.00 bits per heavy atom. The summed E-state index contributed by atoms with van der Waals surface area (Å²) in [6.45, 7) is 6.40. The van der Waals surface area contributed by atoms with E-state index in [1.807, 2.05) is 0 Å². The van der Waals surface area contributed by atoms with Crippen LogP contribution in [-0.4, -0.2) is 6.04 Å². The number of allylic oxidation sites excluding steroid dienone is 1. The molecule has 0 aromatic heterocycles. The molecule has 0 aliphatic carbocycles. The lowest BCUT2D eigenvalue weighted by Gasteiger charge is -2.09. The first-order valence-electron chi connectivity index (χ1n) is 4.14. The topological polar surface area (TPSA) is 26.0 Å². The highest BCUT2D eigenvalue weighted by Gasteiger charge is 2.00. The molecule has 0 saturated heterocycles. The summed E-state index contributed by atoms with van der Waals surface area (Å²) in [5, 5.41) is 0. The lowest BCUT2D eigenvalue weighted by molar-refractivity contribution is 0.632. The highest BCUT2D eigenvalue weighted by molar-refractivity contribution is 5.85. The van der Waals surface area contributed by atoms with Crippen molar-refractivity contribution in [2.45, 2.75) is 46.1 Å². The van der Waals surface area contributed by atoms with Crippen LogP contribution in [0.3, 0.4) is 0 Å². The maximum absolute atomic E-state index is 5.78. The molecule has 0 fully saturated rings. The summed E-state index contributed by atoms with van der Waals surface area (Å²) in [5.41, 5.74) is 7.27. The van der Waals surface area contributed by atoms with Gasteiger partial charge >= 0.3 is 0 Å². The van der Waals surface area contributed by atoms with Crippen molar-refractivity contribution >= 4 is 12.4 Å². The van der Waals surface area contributed by atoms with E-state index in [1.165, 1.54) is 5.57 Å². The molecule has 2 heteroatoms. The quantitative estimate of drug-likeness (QED) is 0.657. The van der Waals surface area contributed by atoms with E-state index in [1.54, 1.807) is 0 Å². The van der Waals surface area contributed by atoms with Crippen molar-refractivity contribution in [3.63, 3.8) is 0 Å². The molecule has 1 nitrogen and oxygen atoms in total. The Kier molecular flexibility index (Phi) is 9.98. The van der Waals surface area contributed by atoms with E-state index in [2.05, 4.69) is 26.8 Å². The summed E-state index contributed by atoms with van der Waals surface area (Å²) < 4.78 is 0. The van der Waals surface area contributed by atoms with Crippen LogP contribution in [0.25, 0.3) is 0 Å². The van der Waals surface area contributed by atoms with Gasteiger partial charge in [0.15, 0.2) is 0 Å². The van der Waals surface area contributed by atoms with Gasteiger partial charge < -0.3 is 5.73 Å². The Balaban J connectivity index is 0. The minimum Gasteiger partial charge on any atom is -0.327 e. The predicted molar refractivity (Wildman–Crippen MR) is 54.2 cm³/mol. The zero-order chi connectivity index (χ0) is 7.98. The van der Waals surface area contributed by atoms with Crippen molar-refractivity contribution in [2.24, 2.45) is 5.73 Å². The fourth-order valence-corrected chi connectivity index (χ4v) is 0.947. The van der Waals surface area contributed by atoms with E-state index in [-0.39, 0.29) is 12.4 Å². The van der Waals surface area contributed by atoms with Gasteiger partial charge in [-0.1, -0.05) is 25.5 Å². The summed E-state index contributed by atoms with van der Waals surface area (Å²) in [4.78, 5) is 0. The molecule has 0 aromatic carbocycles. The van der Waals surface area contributed by atoms with Gasteiger partial charge in [-0.15, -0.1) is 12.4 Å². The van der Waals surface area contributed by atoms with Gasteiger partial charge in [-0.2, -0.15) is 0 Å². The highest BCUT2D eigenvalue weighted by Crippen LogP contribution is 2.09. The minimum absolute atomic E-state index is 0. The van der Waals surface area contributed by atoms with Crippen LogP contribution in [0, 0.1) is 0 Å². The summed E-state index contributed by atoms with van der Waals surface area (Å²) in [6.07, 6.45) is 5.47. The van der Waals surface area contributed by atoms with Crippen LogP contribution < -0.4 is 5.73 Å². The summed E-state index contributed by atoms with van der Waals surface area (Å²) in [7, 11) is 0. The fourth-order valence-electron chi connectivity index (χ4n) is 0.947. The van der Waals surface area contributed by atoms with Crippen molar-refractivity contribution in [3.8, 4) is 0 Å². The number of rotatable bonds is 4. The molecule has 0 bridgehead atoms. The van der Waals surface area contributed by atoms with Gasteiger partial charge in [-0.25, -0.2) is 0 Å². The third-order valence-corrected chi connectivity index (χ3v) is 1.91. The van der Waals surface area contributed by atoms with E-state index in [0.717, 1.165) is 19.3 Å². The number of hydrogen-bond acceptors (Lipinski definition) is 1. The molecule has 1 unspecified atom stereocenters. The number of halogens is 1. The van der Waals surface area contributed by atoms with E-state index >= 15 is 0 Å². The van der Waals surface area contributed by atoms with Crippen molar-refractivity contribution in [1.29, 1.82) is 0 Å². The van der Waals surface area contributed by atoms with Gasteiger partial charge in [0.25, 0.3) is 0 Å². The standard InChI is InChI=1S/C9H19N.ClH/c1-4-8(5-2)7-9(10)6-3;/h4,9H,5-7,10H2,1-3H3;1H/b8-4+;. The average Bonchev–Trinajstić information content (AvgIpc) is 1.99. The average molecular weight is 178 g/mol. The first-order valence-corrected chi connectivity index (χ1v) is 4.14. The number of hydrogen-bond donors (Lipinski definition) is 1. The monoisotopic (exact) mass is 177 g/mol. The van der Waals surface area contributed by atoms with Gasteiger partial charge in [0.05, 0.1) is 0 Å². The molecule has 0 spiro atoms. The van der Waals surface area contributed by atoms with E-state index in [0.29, 0.717) is 6.04 Å². The van der Waals surface area contributed by atoms with Crippen LogP contribution in [-0.2, 0) is 0 Å². The zero-order valence-corrected chi connectivity index (χ0v) is 8.58. The fraction of sp³-hybridized carbons (Fsp3) is 0.778. The smallest absolute Gasteiger partial charge is 0.00734 e. The van der Waals surface area contributed by atoms with E-state index in [9.17, 15) is 0 Å². The maximum Gasteiger partial charge on any atom is 0.00734 e. The SMILES string of the molecule is C/C=C(\CC)CC(N)CC.Cl. The first kappa shape index (κ1) is 13.6. The molecule has 68 valence electrons. The Bertz CT molecular complexity index is 110. The molecule has 0 amide bonds. The molecule has 11 heavy (non-hydrogen) atoms. The largest absolute Gasteiger partial charge is 0.327 e. The molecule has 0 aliphatic heterocycles. The molecule has 0 aromatic rings. The summed E-state index contributed by atoms with van der Waals surface area (Å²) >= 11 is 0. The van der Waals surface area contributed by atoms with Crippen LogP contribution in [0.2, 0.25) is 0 Å². The van der Waals surface area contributed by atoms with Crippen LogP contribution in [0.1, 0.15) is 40.0 Å². The Morgan fingerprint density at radius 3 is 2.27 bits per heavy atom. The summed E-state index contributed by atoms with van der Waals surface area (Å²) in [5.74, 6) is 0. The second-order valence-electron chi connectivity index (χ2n) is 2.67. The van der Waals surface area contributed by atoms with Crippen LogP contribution in [0.5, 0.6) is 0 Å². The second-order valence-corrected chi connectivity index (χ2v) is 2.67. The van der Waals surface area contributed by atoms with Crippen molar-refractivity contribution in [3.05, 3.63) is 11.6 Å². The zero-order valence-electron chi connectivity index (χ0n) is 7.76. The van der Waals surface area contributed by atoms with Crippen molar-refractivity contribution < 1.29 is 0 Å². The van der Waals surface area contributed by atoms with Crippen molar-refractivity contribution in [1.82, 2.24) is 0 Å². The normalized spacial score (nSPS) is 14.0. The molecule has 0 rings (SSSR count). The molecule has 0 aliphatic rings. The highest BCUT2D eigenvalue weighted by atomic mass is 35.5. The van der Waals surface area contributed by atoms with E-state index in [4.69, 9.17) is 5.73 Å². The number of nitrogens with two attached hydrogens (primary N) is 1.